The first-order valence-corrected chi connectivity index (χ1v) is 7.91. The normalized spacial score (nSPS) is 23.4. The molecule has 0 atom stereocenters. The molecule has 1 aliphatic rings. The maximum Gasteiger partial charge on any atom is 0.132 e. The molecule has 1 fully saturated rings. The molecule has 0 aromatic carbocycles. The molecule has 100 valence electrons. The van der Waals surface area contributed by atoms with Crippen LogP contribution in [-0.4, -0.2) is 5.78 Å². The first kappa shape index (κ1) is 14.7. The summed E-state index contributed by atoms with van der Waals surface area (Å²) in [7, 11) is 0. The van der Waals surface area contributed by atoms with Crippen LogP contribution in [0, 0.1) is 0 Å². The number of hydrogen-bond acceptors (Lipinski definition) is 1. The van der Waals surface area contributed by atoms with E-state index in [-0.39, 0.29) is 0 Å². The van der Waals surface area contributed by atoms with Crippen molar-refractivity contribution in [2.75, 3.05) is 0 Å². The van der Waals surface area contributed by atoms with E-state index in [0.29, 0.717) is 5.78 Å². The standard InChI is InChI=1S/C16H30O/c17-16-14-12-10-8-6-4-2-1-3-5-7-9-11-13-15-16/h1-15H2. The van der Waals surface area contributed by atoms with E-state index in [9.17, 15) is 4.79 Å². The maximum absolute atomic E-state index is 11.6. The molecule has 0 N–H and O–H groups in total. The predicted molar refractivity (Wildman–Crippen MR) is 74.3 cm³/mol. The SMILES string of the molecule is O=C1CCCCCCCCCCCCCCC1. The van der Waals surface area contributed by atoms with E-state index >= 15 is 0 Å². The van der Waals surface area contributed by atoms with Crippen molar-refractivity contribution >= 4 is 5.78 Å². The second kappa shape index (κ2) is 10.8. The molecule has 0 radical (unpaired) electrons. The maximum atomic E-state index is 11.6. The van der Waals surface area contributed by atoms with Crippen LogP contribution in [-0.2, 0) is 4.79 Å². The lowest BCUT2D eigenvalue weighted by molar-refractivity contribution is -0.119. The number of ketones is 1. The van der Waals surface area contributed by atoms with E-state index in [1.807, 2.05) is 0 Å². The molecule has 1 nitrogen and oxygen atoms in total. The number of rotatable bonds is 0. The predicted octanol–water partition coefficient (Wildman–Crippen LogP) is 5.42. The smallest absolute Gasteiger partial charge is 0.132 e. The van der Waals surface area contributed by atoms with Crippen molar-refractivity contribution in [3.8, 4) is 0 Å². The molecule has 0 unspecified atom stereocenters. The first-order chi connectivity index (χ1) is 8.39. The minimum absolute atomic E-state index is 0.511. The van der Waals surface area contributed by atoms with Gasteiger partial charge in [-0.1, -0.05) is 70.6 Å². The van der Waals surface area contributed by atoms with Gasteiger partial charge in [0.2, 0.25) is 0 Å². The van der Waals surface area contributed by atoms with Crippen molar-refractivity contribution < 1.29 is 4.79 Å². The zero-order valence-corrected chi connectivity index (χ0v) is 11.5. The van der Waals surface area contributed by atoms with Crippen LogP contribution in [0.5, 0.6) is 0 Å². The fourth-order valence-corrected chi connectivity index (χ4v) is 2.71. The van der Waals surface area contributed by atoms with Crippen molar-refractivity contribution in [2.24, 2.45) is 0 Å². The Morgan fingerprint density at radius 2 is 0.647 bits per heavy atom. The summed E-state index contributed by atoms with van der Waals surface area (Å²) in [4.78, 5) is 11.6. The molecule has 1 saturated carbocycles. The van der Waals surface area contributed by atoms with Gasteiger partial charge in [-0.15, -0.1) is 0 Å². The molecule has 0 spiro atoms. The van der Waals surface area contributed by atoms with Gasteiger partial charge in [0.1, 0.15) is 5.78 Å². The molecule has 1 heteroatoms. The van der Waals surface area contributed by atoms with Crippen molar-refractivity contribution in [1.82, 2.24) is 0 Å². The Kier molecular flexibility index (Phi) is 9.36. The van der Waals surface area contributed by atoms with Crippen LogP contribution in [0.25, 0.3) is 0 Å². The fraction of sp³-hybridized carbons (Fsp3) is 0.938. The van der Waals surface area contributed by atoms with Gasteiger partial charge >= 0.3 is 0 Å². The van der Waals surface area contributed by atoms with Gasteiger partial charge in [-0.2, -0.15) is 0 Å². The second-order valence-corrected chi connectivity index (χ2v) is 5.63. The van der Waals surface area contributed by atoms with E-state index in [1.165, 1.54) is 70.6 Å². The summed E-state index contributed by atoms with van der Waals surface area (Å²) in [6.45, 7) is 0. The lowest BCUT2D eigenvalue weighted by Crippen LogP contribution is -1.97. The molecule has 0 saturated heterocycles. The van der Waals surface area contributed by atoms with Crippen LogP contribution < -0.4 is 0 Å². The van der Waals surface area contributed by atoms with E-state index in [4.69, 9.17) is 0 Å². The Morgan fingerprint density at radius 3 is 0.941 bits per heavy atom. The molecule has 17 heavy (non-hydrogen) atoms. The van der Waals surface area contributed by atoms with Crippen LogP contribution in [0.3, 0.4) is 0 Å². The Balaban J connectivity index is 2.11. The van der Waals surface area contributed by atoms with Crippen molar-refractivity contribution in [1.29, 1.82) is 0 Å². The summed E-state index contributed by atoms with van der Waals surface area (Å²) in [5, 5.41) is 0. The highest BCUT2D eigenvalue weighted by atomic mass is 16.1. The highest BCUT2D eigenvalue weighted by molar-refractivity contribution is 5.78. The monoisotopic (exact) mass is 238 g/mol. The zero-order valence-electron chi connectivity index (χ0n) is 11.5. The highest BCUT2D eigenvalue weighted by Gasteiger charge is 2.02. The summed E-state index contributed by atoms with van der Waals surface area (Å²) in [5.74, 6) is 0.511. The van der Waals surface area contributed by atoms with Crippen molar-refractivity contribution in [3.05, 3.63) is 0 Å². The summed E-state index contributed by atoms with van der Waals surface area (Å²) < 4.78 is 0. The number of carbonyl (C=O) groups is 1. The largest absolute Gasteiger partial charge is 0.300 e. The molecular weight excluding hydrogens is 208 g/mol. The average Bonchev–Trinajstić information content (AvgIpc) is 2.32. The third-order valence-electron chi connectivity index (χ3n) is 3.91. The molecular formula is C16H30O. The molecule has 0 bridgehead atoms. The first-order valence-electron chi connectivity index (χ1n) is 7.91. The molecule has 0 aromatic heterocycles. The minimum atomic E-state index is 0.511. The fourth-order valence-electron chi connectivity index (χ4n) is 2.71. The quantitative estimate of drug-likeness (QED) is 0.550. The van der Waals surface area contributed by atoms with Crippen molar-refractivity contribution in [3.63, 3.8) is 0 Å². The number of Topliss-reactive ketones (excluding diaryl/α,β-unsaturated/α-hetero) is 1. The molecule has 0 amide bonds. The second-order valence-electron chi connectivity index (χ2n) is 5.63. The van der Waals surface area contributed by atoms with E-state index in [1.54, 1.807) is 0 Å². The van der Waals surface area contributed by atoms with Crippen LogP contribution >= 0.6 is 0 Å². The Bertz CT molecular complexity index is 168. The zero-order chi connectivity index (χ0) is 12.2. The Hall–Kier alpha value is -0.330. The average molecular weight is 238 g/mol. The van der Waals surface area contributed by atoms with Gasteiger partial charge in [0.25, 0.3) is 0 Å². The Labute approximate surface area is 107 Å². The lowest BCUT2D eigenvalue weighted by Gasteiger charge is -2.05. The third kappa shape index (κ3) is 9.38. The lowest BCUT2D eigenvalue weighted by atomic mass is 10.0. The van der Waals surface area contributed by atoms with Crippen LogP contribution in [0.2, 0.25) is 0 Å². The van der Waals surface area contributed by atoms with Gasteiger partial charge in [0.05, 0.1) is 0 Å². The Morgan fingerprint density at radius 1 is 0.412 bits per heavy atom. The minimum Gasteiger partial charge on any atom is -0.300 e. The van der Waals surface area contributed by atoms with Crippen LogP contribution in [0.4, 0.5) is 0 Å². The molecule has 0 aliphatic heterocycles. The molecule has 0 heterocycles. The van der Waals surface area contributed by atoms with Crippen molar-refractivity contribution in [2.45, 2.75) is 96.3 Å². The molecule has 0 aromatic rings. The van der Waals surface area contributed by atoms with Gasteiger partial charge in [-0.05, 0) is 12.8 Å². The van der Waals surface area contributed by atoms with Gasteiger partial charge < -0.3 is 0 Å². The topological polar surface area (TPSA) is 17.1 Å². The summed E-state index contributed by atoms with van der Waals surface area (Å²) in [6, 6.07) is 0. The molecule has 1 aliphatic carbocycles. The van der Waals surface area contributed by atoms with Crippen LogP contribution in [0.1, 0.15) is 96.3 Å². The van der Waals surface area contributed by atoms with E-state index in [2.05, 4.69) is 0 Å². The van der Waals surface area contributed by atoms with Gasteiger partial charge in [-0.3, -0.25) is 4.79 Å². The summed E-state index contributed by atoms with van der Waals surface area (Å²) in [6.07, 6.45) is 19.1. The summed E-state index contributed by atoms with van der Waals surface area (Å²) >= 11 is 0. The van der Waals surface area contributed by atoms with Crippen LogP contribution in [0.15, 0.2) is 0 Å². The summed E-state index contributed by atoms with van der Waals surface area (Å²) in [5.41, 5.74) is 0. The van der Waals surface area contributed by atoms with Gasteiger partial charge in [-0.25, -0.2) is 0 Å². The van der Waals surface area contributed by atoms with Gasteiger partial charge in [0, 0.05) is 12.8 Å². The highest BCUT2D eigenvalue weighted by Crippen LogP contribution is 2.15. The molecule has 1 rings (SSSR count). The van der Waals surface area contributed by atoms with E-state index < -0.39 is 0 Å². The number of hydrogen-bond donors (Lipinski definition) is 0. The van der Waals surface area contributed by atoms with E-state index in [0.717, 1.165) is 25.7 Å². The van der Waals surface area contributed by atoms with Gasteiger partial charge in [0.15, 0.2) is 0 Å². The third-order valence-corrected chi connectivity index (χ3v) is 3.91. The number of carbonyl (C=O) groups excluding carboxylic acids is 1.